The third kappa shape index (κ3) is 4.31. The first kappa shape index (κ1) is 17.5. The van der Waals surface area contributed by atoms with Gasteiger partial charge in [0.1, 0.15) is 20.2 Å². The molecule has 0 aliphatic rings. The number of carbonyl (C=O) groups is 1. The van der Waals surface area contributed by atoms with Crippen LogP contribution in [0.2, 0.25) is 0 Å². The van der Waals surface area contributed by atoms with Crippen molar-refractivity contribution in [2.75, 3.05) is 0 Å². The maximum absolute atomic E-state index is 10.6. The van der Waals surface area contributed by atoms with Crippen molar-refractivity contribution in [1.29, 1.82) is 0 Å². The molecule has 0 heterocycles. The quantitative estimate of drug-likeness (QED) is 0.396. The van der Waals surface area contributed by atoms with E-state index >= 15 is 0 Å². The molecule has 18 heavy (non-hydrogen) atoms. The average molecular weight is 302 g/mol. The Hall–Kier alpha value is -0.490. The summed E-state index contributed by atoms with van der Waals surface area (Å²) in [6.07, 6.45) is 0. The van der Waals surface area contributed by atoms with E-state index in [1.165, 1.54) is 0 Å². The Kier molecular flexibility index (Phi) is 5.50. The Labute approximate surface area is 124 Å². The molecule has 1 aromatic carbocycles. The van der Waals surface area contributed by atoms with Gasteiger partial charge in [0.15, 0.2) is 0 Å². The first-order chi connectivity index (χ1) is 7.51. The minimum absolute atomic E-state index is 0. The van der Waals surface area contributed by atoms with Gasteiger partial charge in [0.05, 0.1) is 15.8 Å². The molecule has 0 amide bonds. The molecule has 0 unspecified atom stereocenters. The van der Waals surface area contributed by atoms with Crippen LogP contribution < -0.4 is 34.7 Å². The number of aromatic carboxylic acids is 1. The molecule has 0 bridgehead atoms. The molecule has 0 spiro atoms. The summed E-state index contributed by atoms with van der Waals surface area (Å²) >= 11 is 0. The number of rotatable bonds is 3. The van der Waals surface area contributed by atoms with Gasteiger partial charge in [0, 0.05) is 0 Å². The standard InChI is InChI=1S/C7H6O8S2.Na/c8-7(9)4-1-5(16(10,11)12)3-6(2-4)17(13,14)15;/h1-3H,(H,8,9)(H,10,11,12)(H,13,14,15);/q;+1/p-3. The summed E-state index contributed by atoms with van der Waals surface area (Å²) in [5.74, 6) is -1.92. The van der Waals surface area contributed by atoms with Crippen LogP contribution in [-0.4, -0.2) is 31.9 Å². The molecule has 0 atom stereocenters. The molecule has 1 rings (SSSR count). The summed E-state index contributed by atoms with van der Waals surface area (Å²) in [6.45, 7) is 0. The molecule has 0 fully saturated rings. The second-order valence-electron chi connectivity index (χ2n) is 2.89. The normalized spacial score (nSPS) is 11.7. The third-order valence-corrected chi connectivity index (χ3v) is 3.32. The molecule has 0 aromatic heterocycles. The minimum Gasteiger partial charge on any atom is -0.744 e. The van der Waals surface area contributed by atoms with Gasteiger partial charge in [-0.05, 0) is 23.8 Å². The van der Waals surface area contributed by atoms with Gasteiger partial charge in [0.2, 0.25) is 0 Å². The maximum atomic E-state index is 10.6. The largest absolute Gasteiger partial charge is 1.00 e. The van der Waals surface area contributed by atoms with E-state index in [-0.39, 0.29) is 35.6 Å². The maximum Gasteiger partial charge on any atom is 1.00 e. The van der Waals surface area contributed by atoms with Crippen LogP contribution in [-0.2, 0) is 20.2 Å². The van der Waals surface area contributed by atoms with Crippen molar-refractivity contribution in [3.05, 3.63) is 23.8 Å². The van der Waals surface area contributed by atoms with Crippen LogP contribution >= 0.6 is 0 Å². The van der Waals surface area contributed by atoms with Crippen LogP contribution in [0.5, 0.6) is 0 Å². The molecule has 0 saturated carbocycles. The SMILES string of the molecule is O=C([O-])c1cc(S(=O)(=O)[O-])cc(S(=O)(=O)[O-])c1.[Na+]. The van der Waals surface area contributed by atoms with E-state index in [9.17, 15) is 35.8 Å². The zero-order valence-corrected chi connectivity index (χ0v) is 12.4. The summed E-state index contributed by atoms with van der Waals surface area (Å²) in [6, 6.07) is 1.11. The molecule has 0 radical (unpaired) electrons. The summed E-state index contributed by atoms with van der Waals surface area (Å²) in [5.41, 5.74) is -0.892. The van der Waals surface area contributed by atoms with E-state index in [1.807, 2.05) is 0 Å². The van der Waals surface area contributed by atoms with Crippen LogP contribution in [0, 0.1) is 0 Å². The van der Waals surface area contributed by atoms with E-state index in [2.05, 4.69) is 0 Å². The number of carboxylic acids is 1. The Bertz CT molecular complexity index is 625. The monoisotopic (exact) mass is 302 g/mol. The second-order valence-corrected chi connectivity index (χ2v) is 5.65. The minimum atomic E-state index is -5.09. The van der Waals surface area contributed by atoms with Crippen LogP contribution in [0.25, 0.3) is 0 Å². The third-order valence-electron chi connectivity index (χ3n) is 1.69. The molecule has 0 aliphatic carbocycles. The topological polar surface area (TPSA) is 155 Å². The van der Waals surface area contributed by atoms with E-state index in [4.69, 9.17) is 0 Å². The molecule has 0 N–H and O–H groups in total. The number of carboxylic acid groups (broad SMARTS) is 1. The Morgan fingerprint density at radius 1 is 0.889 bits per heavy atom. The van der Waals surface area contributed by atoms with E-state index in [0.717, 1.165) is 0 Å². The number of hydrogen-bond acceptors (Lipinski definition) is 8. The van der Waals surface area contributed by atoms with Gasteiger partial charge >= 0.3 is 29.6 Å². The van der Waals surface area contributed by atoms with E-state index < -0.39 is 41.6 Å². The fourth-order valence-corrected chi connectivity index (χ4v) is 2.14. The van der Waals surface area contributed by atoms with Crippen molar-refractivity contribution < 1.29 is 65.4 Å². The first-order valence-corrected chi connectivity index (χ1v) is 6.62. The molecule has 94 valence electrons. The van der Waals surface area contributed by atoms with Crippen LogP contribution in [0.1, 0.15) is 10.4 Å². The van der Waals surface area contributed by atoms with Gasteiger partial charge < -0.3 is 19.0 Å². The molecular weight excluding hydrogens is 299 g/mol. The van der Waals surface area contributed by atoms with Crippen LogP contribution in [0.3, 0.4) is 0 Å². The predicted molar refractivity (Wildman–Crippen MR) is 46.7 cm³/mol. The van der Waals surface area contributed by atoms with E-state index in [1.54, 1.807) is 0 Å². The van der Waals surface area contributed by atoms with Crippen molar-refractivity contribution in [3.63, 3.8) is 0 Å². The van der Waals surface area contributed by atoms with Crippen LogP contribution in [0.4, 0.5) is 0 Å². The van der Waals surface area contributed by atoms with Crippen molar-refractivity contribution in [3.8, 4) is 0 Å². The molecule has 0 saturated heterocycles. The molecular formula is C7H3NaO8S2-2. The first-order valence-electron chi connectivity index (χ1n) is 3.80. The number of carbonyl (C=O) groups excluding carboxylic acids is 1. The Morgan fingerprint density at radius 2 is 1.22 bits per heavy atom. The molecule has 1 aromatic rings. The molecule has 11 heteroatoms. The van der Waals surface area contributed by atoms with Gasteiger partial charge in [-0.1, -0.05) is 0 Å². The average Bonchev–Trinajstić information content (AvgIpc) is 2.14. The Balaban J connectivity index is 0.00000289. The van der Waals surface area contributed by atoms with Crippen LogP contribution in [0.15, 0.2) is 28.0 Å². The van der Waals surface area contributed by atoms with Crippen molar-refractivity contribution in [2.24, 2.45) is 0 Å². The zero-order valence-electron chi connectivity index (χ0n) is 8.81. The van der Waals surface area contributed by atoms with Gasteiger partial charge in [-0.25, -0.2) is 16.8 Å². The van der Waals surface area contributed by atoms with Gasteiger partial charge in [-0.15, -0.1) is 0 Å². The van der Waals surface area contributed by atoms with E-state index in [0.29, 0.717) is 12.1 Å². The predicted octanol–water partition coefficient (Wildman–Crippen LogP) is -5.14. The zero-order chi connectivity index (χ0) is 13.4. The number of hydrogen-bond donors (Lipinski definition) is 0. The fourth-order valence-electron chi connectivity index (χ4n) is 0.978. The number of benzene rings is 1. The van der Waals surface area contributed by atoms with Gasteiger partial charge in [-0.3, -0.25) is 0 Å². The van der Waals surface area contributed by atoms with Crippen molar-refractivity contribution in [1.82, 2.24) is 0 Å². The Morgan fingerprint density at radius 3 is 1.44 bits per heavy atom. The molecule has 8 nitrogen and oxygen atoms in total. The van der Waals surface area contributed by atoms with Gasteiger partial charge in [0.25, 0.3) is 0 Å². The van der Waals surface area contributed by atoms with Crippen molar-refractivity contribution in [2.45, 2.75) is 9.79 Å². The fraction of sp³-hybridized carbons (Fsp3) is 0. The second kappa shape index (κ2) is 5.65. The summed E-state index contributed by atoms with van der Waals surface area (Å²) in [5, 5.41) is 10.5. The summed E-state index contributed by atoms with van der Waals surface area (Å²) < 4.78 is 63.7. The van der Waals surface area contributed by atoms with Crippen molar-refractivity contribution >= 4 is 26.2 Å². The van der Waals surface area contributed by atoms with Gasteiger partial charge in [-0.2, -0.15) is 0 Å². The summed E-state index contributed by atoms with van der Waals surface area (Å²) in [7, 11) is -10.2. The summed E-state index contributed by atoms with van der Waals surface area (Å²) in [4.78, 5) is 8.19. The molecule has 0 aliphatic heterocycles. The smallest absolute Gasteiger partial charge is 0.744 e.